The first-order valence-corrected chi connectivity index (χ1v) is 18.5. The molecule has 2 heterocycles. The molecule has 0 bridgehead atoms. The molecule has 0 spiro atoms. The quantitative estimate of drug-likeness (QED) is 0.239. The van der Waals surface area contributed by atoms with Crippen LogP contribution >= 0.6 is 11.3 Å². The van der Waals surface area contributed by atoms with Crippen molar-refractivity contribution in [2.24, 2.45) is 5.92 Å². The summed E-state index contributed by atoms with van der Waals surface area (Å²) in [5.74, 6) is -0.600. The van der Waals surface area contributed by atoms with Crippen molar-refractivity contribution in [1.82, 2.24) is 9.80 Å². The van der Waals surface area contributed by atoms with Gasteiger partial charge in [0.05, 0.1) is 36.0 Å². The zero-order valence-electron chi connectivity index (χ0n) is 28.3. The average Bonchev–Trinajstić information content (AvgIpc) is 3.62. The topological polar surface area (TPSA) is 138 Å². The van der Waals surface area contributed by atoms with E-state index in [9.17, 15) is 36.3 Å². The number of anilines is 2. The van der Waals surface area contributed by atoms with Gasteiger partial charge in [-0.1, -0.05) is 13.0 Å². The van der Waals surface area contributed by atoms with Gasteiger partial charge in [0.1, 0.15) is 9.96 Å². The summed E-state index contributed by atoms with van der Waals surface area (Å²) in [7, 11) is -2.37. The number of hydrogen-bond donors (Lipinski definition) is 3. The second kappa shape index (κ2) is 16.9. The van der Waals surface area contributed by atoms with Gasteiger partial charge in [-0.05, 0) is 87.0 Å². The molecular formula is C34H43F3N4O7S2. The summed E-state index contributed by atoms with van der Waals surface area (Å²) in [5.41, 5.74) is -0.371. The minimum atomic E-state index is -4.50. The van der Waals surface area contributed by atoms with Gasteiger partial charge < -0.3 is 29.7 Å². The first-order valence-electron chi connectivity index (χ1n) is 16.2. The van der Waals surface area contributed by atoms with Crippen molar-refractivity contribution in [2.45, 2.75) is 68.7 Å². The number of carbonyl (C=O) groups is 2. The normalized spacial score (nSPS) is 20.2. The third kappa shape index (κ3) is 10.3. The zero-order valence-corrected chi connectivity index (χ0v) is 29.9. The van der Waals surface area contributed by atoms with Crippen molar-refractivity contribution in [3.05, 3.63) is 71.1 Å². The van der Waals surface area contributed by atoms with Crippen LogP contribution in [0, 0.1) is 5.92 Å². The standard InChI is InChI=1S/C34H43F3N4O7S2/c1-22-19-41(23(2)21-42)32(43)28-18-27(39-50(45,46)31-9-7-17-49-31)14-15-29(28)48-24(3)8-5-6-16-47-30(22)20-40(4)33(44)38-26-12-10-25(11-13-26)34(35,36)37/h7,9-15,17-18,22-24,30,39,42H,5-6,8,16,19-21H2,1-4H3,(H,38,44)/t22-,23+,24-,30-/m1/s1. The lowest BCUT2D eigenvalue weighted by atomic mass is 10.0. The molecule has 0 fully saturated rings. The van der Waals surface area contributed by atoms with Gasteiger partial charge >= 0.3 is 12.2 Å². The summed E-state index contributed by atoms with van der Waals surface area (Å²) >= 11 is 1.06. The van der Waals surface area contributed by atoms with E-state index in [2.05, 4.69) is 10.0 Å². The lowest BCUT2D eigenvalue weighted by molar-refractivity contribution is -0.137. The second-order valence-corrected chi connectivity index (χ2v) is 15.3. The number of nitrogens with one attached hydrogen (secondary N) is 2. The summed E-state index contributed by atoms with van der Waals surface area (Å²) in [6, 6.07) is 10.5. The highest BCUT2D eigenvalue weighted by molar-refractivity contribution is 7.94. The van der Waals surface area contributed by atoms with Crippen LogP contribution in [0.4, 0.5) is 29.3 Å². The number of ether oxygens (including phenoxy) is 2. The van der Waals surface area contributed by atoms with Crippen LogP contribution in [0.1, 0.15) is 56.0 Å². The minimum absolute atomic E-state index is 0.0912. The number of aliphatic hydroxyl groups excluding tert-OH is 1. The van der Waals surface area contributed by atoms with Crippen LogP contribution in [0.5, 0.6) is 5.75 Å². The van der Waals surface area contributed by atoms with Crippen LogP contribution in [-0.4, -0.2) is 86.9 Å². The van der Waals surface area contributed by atoms with Crippen molar-refractivity contribution in [2.75, 3.05) is 43.4 Å². The van der Waals surface area contributed by atoms with E-state index in [1.807, 2.05) is 13.8 Å². The Morgan fingerprint density at radius 2 is 1.82 bits per heavy atom. The maximum absolute atomic E-state index is 14.3. The van der Waals surface area contributed by atoms with Crippen molar-refractivity contribution in [3.63, 3.8) is 0 Å². The number of nitrogens with zero attached hydrogens (tertiary/aromatic N) is 2. The summed E-state index contributed by atoms with van der Waals surface area (Å²) in [6.45, 7) is 5.60. The summed E-state index contributed by atoms with van der Waals surface area (Å²) < 4.78 is 80.0. The fourth-order valence-electron chi connectivity index (χ4n) is 5.38. The molecule has 1 aromatic heterocycles. The largest absolute Gasteiger partial charge is 0.490 e. The molecule has 4 rings (SSSR count). The third-order valence-corrected chi connectivity index (χ3v) is 11.1. The summed E-state index contributed by atoms with van der Waals surface area (Å²) in [6.07, 6.45) is -3.31. The van der Waals surface area contributed by atoms with Crippen LogP contribution in [0.3, 0.4) is 0 Å². The van der Waals surface area contributed by atoms with Crippen molar-refractivity contribution in [3.8, 4) is 5.75 Å². The Morgan fingerprint density at radius 1 is 1.12 bits per heavy atom. The van der Waals surface area contributed by atoms with Crippen LogP contribution in [0.2, 0.25) is 0 Å². The molecule has 274 valence electrons. The summed E-state index contributed by atoms with van der Waals surface area (Å²) in [4.78, 5) is 30.2. The molecule has 1 aliphatic heterocycles. The molecular weight excluding hydrogens is 698 g/mol. The molecule has 11 nitrogen and oxygen atoms in total. The Kier molecular flexibility index (Phi) is 13.2. The molecule has 0 aliphatic carbocycles. The number of amides is 3. The van der Waals surface area contributed by atoms with Gasteiger partial charge in [-0.2, -0.15) is 13.2 Å². The van der Waals surface area contributed by atoms with E-state index in [-0.39, 0.29) is 58.6 Å². The molecule has 3 N–H and O–H groups in total. The van der Waals surface area contributed by atoms with Gasteiger partial charge in [0, 0.05) is 44.0 Å². The Morgan fingerprint density at radius 3 is 2.46 bits per heavy atom. The van der Waals surface area contributed by atoms with E-state index >= 15 is 0 Å². The van der Waals surface area contributed by atoms with Gasteiger partial charge in [-0.15, -0.1) is 11.3 Å². The number of thiophene rings is 1. The van der Waals surface area contributed by atoms with E-state index in [0.717, 1.165) is 29.9 Å². The van der Waals surface area contributed by atoms with Gasteiger partial charge in [-0.3, -0.25) is 9.52 Å². The molecule has 0 unspecified atom stereocenters. The van der Waals surface area contributed by atoms with Crippen molar-refractivity contribution in [1.29, 1.82) is 0 Å². The number of alkyl halides is 3. The number of sulfonamides is 1. The number of carbonyl (C=O) groups excluding carboxylic acids is 2. The highest BCUT2D eigenvalue weighted by Gasteiger charge is 2.32. The summed E-state index contributed by atoms with van der Waals surface area (Å²) in [5, 5.41) is 14.4. The Hall–Kier alpha value is -3.86. The predicted octanol–water partition coefficient (Wildman–Crippen LogP) is 6.53. The SMILES string of the molecule is C[C@@H]1CCCCO[C@H](CN(C)C(=O)Nc2ccc(C(F)(F)F)cc2)[C@H](C)CN([C@@H](C)CO)C(=O)c2cc(NS(=O)(=O)c3cccs3)ccc2O1. The molecule has 1 aliphatic rings. The molecule has 0 saturated heterocycles. The number of rotatable bonds is 8. The first-order chi connectivity index (χ1) is 23.6. The van der Waals surface area contributed by atoms with Crippen LogP contribution < -0.4 is 14.8 Å². The maximum atomic E-state index is 14.3. The molecule has 3 aromatic rings. The van der Waals surface area contributed by atoms with E-state index in [0.29, 0.717) is 19.4 Å². The van der Waals surface area contributed by atoms with Gasteiger partial charge in [0.15, 0.2) is 0 Å². The van der Waals surface area contributed by atoms with Crippen LogP contribution in [0.25, 0.3) is 0 Å². The van der Waals surface area contributed by atoms with E-state index in [1.165, 1.54) is 47.2 Å². The van der Waals surface area contributed by atoms with Crippen molar-refractivity contribution < 1.29 is 45.8 Å². The van der Waals surface area contributed by atoms with Gasteiger partial charge in [-0.25, -0.2) is 13.2 Å². The number of aliphatic hydroxyl groups is 1. The van der Waals surface area contributed by atoms with E-state index in [4.69, 9.17) is 9.47 Å². The molecule has 3 amide bonds. The van der Waals surface area contributed by atoms with E-state index in [1.54, 1.807) is 24.4 Å². The van der Waals surface area contributed by atoms with Gasteiger partial charge in [0.25, 0.3) is 15.9 Å². The smallest absolute Gasteiger partial charge is 0.416 e. The maximum Gasteiger partial charge on any atom is 0.416 e. The fourth-order valence-corrected chi connectivity index (χ4v) is 7.43. The highest BCUT2D eigenvalue weighted by atomic mass is 32.2. The van der Waals surface area contributed by atoms with Crippen LogP contribution in [0.15, 0.2) is 64.2 Å². The van der Waals surface area contributed by atoms with Crippen molar-refractivity contribution >= 4 is 44.7 Å². The monoisotopic (exact) mass is 740 g/mol. The van der Waals surface area contributed by atoms with E-state index < -0.39 is 45.8 Å². The fraction of sp³-hybridized carbons (Fsp3) is 0.471. The highest BCUT2D eigenvalue weighted by Crippen LogP contribution is 2.31. The predicted molar refractivity (Wildman–Crippen MR) is 185 cm³/mol. The Bertz CT molecular complexity index is 1690. The lowest BCUT2D eigenvalue weighted by Gasteiger charge is -2.35. The average molecular weight is 741 g/mol. The number of likely N-dealkylation sites (N-methyl/N-ethyl adjacent to an activating group) is 1. The molecule has 50 heavy (non-hydrogen) atoms. The molecule has 16 heteroatoms. The second-order valence-electron chi connectivity index (χ2n) is 12.4. The Balaban J connectivity index is 1.58. The third-order valence-electron chi connectivity index (χ3n) is 8.33. The number of halogens is 3. The number of hydrogen-bond acceptors (Lipinski definition) is 8. The van der Waals surface area contributed by atoms with Gasteiger partial charge in [0.2, 0.25) is 0 Å². The molecule has 2 aromatic carbocycles. The van der Waals surface area contributed by atoms with Crippen LogP contribution in [-0.2, 0) is 20.9 Å². The molecule has 4 atom stereocenters. The number of fused-ring (bicyclic) bond motifs is 1. The molecule has 0 radical (unpaired) electrons. The Labute approximate surface area is 294 Å². The lowest BCUT2D eigenvalue weighted by Crippen LogP contribution is -2.48. The minimum Gasteiger partial charge on any atom is -0.490 e. The number of urea groups is 1. The zero-order chi connectivity index (χ0) is 36.6. The number of benzene rings is 2. The molecule has 0 saturated carbocycles. The first kappa shape index (κ1) is 38.9.